The Kier molecular flexibility index (Phi) is 9.42. The maximum Gasteiger partial charge on any atom is 2.00 e. The van der Waals surface area contributed by atoms with Gasteiger partial charge in [-0.1, -0.05) is 36.4 Å². The summed E-state index contributed by atoms with van der Waals surface area (Å²) in [4.78, 5) is 0. The Morgan fingerprint density at radius 3 is 0.875 bits per heavy atom. The maximum absolute atomic E-state index is 2.00. The summed E-state index contributed by atoms with van der Waals surface area (Å²) in [6.45, 7) is 0. The summed E-state index contributed by atoms with van der Waals surface area (Å²) in [6.07, 6.45) is 0. The minimum atomic E-state index is 0. The molecule has 0 atom stereocenters. The average molecular weight is 122 g/mol. The molecule has 0 fully saturated rings. The summed E-state index contributed by atoms with van der Waals surface area (Å²) in [5.74, 6) is 0. The number of rotatable bonds is 0. The molecule has 0 unspecified atom stereocenters. The van der Waals surface area contributed by atoms with Gasteiger partial charge in [-0.15, -0.1) is 0 Å². The summed E-state index contributed by atoms with van der Waals surface area (Å²) in [5.41, 5.74) is 0. The zero-order valence-corrected chi connectivity index (χ0v) is 6.09. The van der Waals surface area contributed by atoms with Gasteiger partial charge < -0.3 is 8.33 Å². The van der Waals surface area contributed by atoms with E-state index in [0.29, 0.717) is 0 Å². The molecule has 8 heavy (non-hydrogen) atoms. The maximum atomic E-state index is 2.00. The number of hydrogen-bond acceptors (Lipinski definition) is 0. The van der Waals surface area contributed by atoms with Gasteiger partial charge in [0.2, 0.25) is 0 Å². The van der Waals surface area contributed by atoms with Crippen LogP contribution in [0.3, 0.4) is 0 Å². The predicted octanol–water partition coefficient (Wildman–Crippen LogP) is 0.706. The SMILES string of the molecule is O.[H-].[H-].[Mg+2].c1ccccc1. The van der Waals surface area contributed by atoms with Crippen molar-refractivity contribution in [2.24, 2.45) is 0 Å². The van der Waals surface area contributed by atoms with Crippen molar-refractivity contribution in [2.75, 3.05) is 0 Å². The molecule has 0 radical (unpaired) electrons. The topological polar surface area (TPSA) is 31.5 Å². The molecule has 1 aromatic rings. The van der Waals surface area contributed by atoms with E-state index in [1.807, 2.05) is 36.4 Å². The fourth-order valence-corrected chi connectivity index (χ4v) is 0.385. The molecule has 0 saturated heterocycles. The molecule has 0 saturated carbocycles. The van der Waals surface area contributed by atoms with Crippen molar-refractivity contribution in [1.29, 1.82) is 0 Å². The second-order valence-corrected chi connectivity index (χ2v) is 1.15. The van der Waals surface area contributed by atoms with Crippen molar-refractivity contribution < 1.29 is 8.33 Å². The quantitative estimate of drug-likeness (QED) is 0.454. The van der Waals surface area contributed by atoms with E-state index >= 15 is 0 Å². The van der Waals surface area contributed by atoms with E-state index in [1.165, 1.54) is 0 Å². The van der Waals surface area contributed by atoms with Crippen LogP contribution in [0.2, 0.25) is 0 Å². The van der Waals surface area contributed by atoms with Crippen molar-refractivity contribution in [3.63, 3.8) is 0 Å². The first-order chi connectivity index (χ1) is 3.00. The normalized spacial score (nSPS) is 6.00. The van der Waals surface area contributed by atoms with E-state index in [4.69, 9.17) is 0 Å². The van der Waals surface area contributed by atoms with E-state index in [0.717, 1.165) is 0 Å². The van der Waals surface area contributed by atoms with Gasteiger partial charge >= 0.3 is 23.1 Å². The van der Waals surface area contributed by atoms with Gasteiger partial charge in [-0.05, 0) is 0 Å². The van der Waals surface area contributed by atoms with E-state index in [2.05, 4.69) is 0 Å². The first-order valence-corrected chi connectivity index (χ1v) is 2.00. The summed E-state index contributed by atoms with van der Waals surface area (Å²) in [7, 11) is 0. The molecule has 0 aliphatic rings. The molecule has 42 valence electrons. The van der Waals surface area contributed by atoms with Crippen LogP contribution in [0.5, 0.6) is 0 Å². The Morgan fingerprint density at radius 2 is 0.750 bits per heavy atom. The van der Waals surface area contributed by atoms with E-state index in [1.54, 1.807) is 0 Å². The Balaban J connectivity index is -0.0000000450. The van der Waals surface area contributed by atoms with Crippen LogP contribution in [-0.2, 0) is 0 Å². The molecule has 2 N–H and O–H groups in total. The third-order valence-corrected chi connectivity index (χ3v) is 0.667. The van der Waals surface area contributed by atoms with E-state index < -0.39 is 0 Å². The fraction of sp³-hybridized carbons (Fsp3) is 0. The van der Waals surface area contributed by atoms with Crippen molar-refractivity contribution in [3.05, 3.63) is 36.4 Å². The van der Waals surface area contributed by atoms with Gasteiger partial charge in [-0.2, -0.15) is 0 Å². The zero-order chi connectivity index (χ0) is 4.24. The summed E-state index contributed by atoms with van der Waals surface area (Å²) >= 11 is 0. The molecule has 0 aliphatic heterocycles. The van der Waals surface area contributed by atoms with Gasteiger partial charge in [0.25, 0.3) is 0 Å². The molecule has 0 bridgehead atoms. The summed E-state index contributed by atoms with van der Waals surface area (Å²) in [6, 6.07) is 12.0. The molecule has 0 aromatic heterocycles. The van der Waals surface area contributed by atoms with Crippen LogP contribution in [0.25, 0.3) is 0 Å². The molecule has 0 aliphatic carbocycles. The molecule has 0 heterocycles. The van der Waals surface area contributed by atoms with Gasteiger partial charge in [0, 0.05) is 0 Å². The minimum Gasteiger partial charge on any atom is -1.00 e. The molecular formula is C6H10MgO. The van der Waals surface area contributed by atoms with Gasteiger partial charge in [0.15, 0.2) is 0 Å². The van der Waals surface area contributed by atoms with Crippen molar-refractivity contribution in [1.82, 2.24) is 0 Å². The van der Waals surface area contributed by atoms with Gasteiger partial charge in [-0.25, -0.2) is 0 Å². The molecule has 1 rings (SSSR count). The first-order valence-electron chi connectivity index (χ1n) is 2.00. The van der Waals surface area contributed by atoms with Crippen molar-refractivity contribution in [3.8, 4) is 0 Å². The van der Waals surface area contributed by atoms with Crippen LogP contribution in [0.15, 0.2) is 36.4 Å². The second kappa shape index (κ2) is 6.95. The smallest absolute Gasteiger partial charge is 1.00 e. The van der Waals surface area contributed by atoms with E-state index in [-0.39, 0.29) is 31.4 Å². The second-order valence-electron chi connectivity index (χ2n) is 1.15. The monoisotopic (exact) mass is 122 g/mol. The largest absolute Gasteiger partial charge is 2.00 e. The molecular weight excluding hydrogens is 112 g/mol. The van der Waals surface area contributed by atoms with Crippen LogP contribution in [-0.4, -0.2) is 28.5 Å². The third kappa shape index (κ3) is 4.11. The van der Waals surface area contributed by atoms with Crippen molar-refractivity contribution >= 4 is 23.1 Å². The standard InChI is InChI=1S/C6H6.Mg.H2O.2H/c1-2-4-6-5-3-1;;;;/h1-6H;;1H2;;/q;+2;;2*-1. The third-order valence-electron chi connectivity index (χ3n) is 0.667. The molecule has 0 spiro atoms. The van der Waals surface area contributed by atoms with Gasteiger partial charge in [0.05, 0.1) is 0 Å². The minimum absolute atomic E-state index is 0. The zero-order valence-electron chi connectivity index (χ0n) is 6.67. The molecule has 1 aromatic carbocycles. The van der Waals surface area contributed by atoms with Crippen LogP contribution >= 0.6 is 0 Å². The Morgan fingerprint density at radius 1 is 0.625 bits per heavy atom. The first kappa shape index (κ1) is 10.8. The fourth-order valence-electron chi connectivity index (χ4n) is 0.385. The number of hydrogen-bond donors (Lipinski definition) is 0. The van der Waals surface area contributed by atoms with Crippen LogP contribution in [0.4, 0.5) is 0 Å². The Bertz CT molecular complexity index is 87.7. The summed E-state index contributed by atoms with van der Waals surface area (Å²) in [5, 5.41) is 0. The number of benzene rings is 1. The molecule has 0 amide bonds. The summed E-state index contributed by atoms with van der Waals surface area (Å²) < 4.78 is 0. The van der Waals surface area contributed by atoms with Crippen LogP contribution < -0.4 is 0 Å². The van der Waals surface area contributed by atoms with Gasteiger partial charge in [-0.3, -0.25) is 0 Å². The predicted molar refractivity (Wildman–Crippen MR) is 38.0 cm³/mol. The van der Waals surface area contributed by atoms with E-state index in [9.17, 15) is 0 Å². The van der Waals surface area contributed by atoms with Crippen molar-refractivity contribution in [2.45, 2.75) is 0 Å². The van der Waals surface area contributed by atoms with Gasteiger partial charge in [0.1, 0.15) is 0 Å². The Hall–Kier alpha value is -0.0538. The van der Waals surface area contributed by atoms with Crippen LogP contribution in [0, 0.1) is 0 Å². The average Bonchev–Trinajstić information content (AvgIpc) is 1.72. The molecule has 2 heteroatoms. The van der Waals surface area contributed by atoms with Crippen LogP contribution in [0.1, 0.15) is 2.85 Å². The molecule has 1 nitrogen and oxygen atoms in total. The Labute approximate surface area is 68.2 Å².